The first-order chi connectivity index (χ1) is 14.4. The third kappa shape index (κ3) is 5.06. The number of urea groups is 1. The Hall–Kier alpha value is -3.16. The summed E-state index contributed by atoms with van der Waals surface area (Å²) in [6.07, 6.45) is 2.41. The smallest absolute Gasteiger partial charge is 0.326 e. The van der Waals surface area contributed by atoms with Gasteiger partial charge in [0, 0.05) is 40.7 Å². The summed E-state index contributed by atoms with van der Waals surface area (Å²) in [6, 6.07) is 12.0. The topological polar surface area (TPSA) is 78.8 Å². The van der Waals surface area contributed by atoms with Gasteiger partial charge in [0.05, 0.1) is 11.4 Å². The third-order valence-corrected chi connectivity index (χ3v) is 5.36. The molecule has 1 aromatic heterocycles. The first kappa shape index (κ1) is 21.5. The van der Waals surface area contributed by atoms with Crippen LogP contribution in [-0.2, 0) is 23.1 Å². The predicted molar refractivity (Wildman–Crippen MR) is 114 cm³/mol. The van der Waals surface area contributed by atoms with Crippen LogP contribution in [0.15, 0.2) is 36.4 Å². The third-order valence-electron chi connectivity index (χ3n) is 5.36. The fourth-order valence-electron chi connectivity index (χ4n) is 3.62. The number of hydrogen-bond acceptors (Lipinski definition) is 4. The lowest BCUT2D eigenvalue weighted by molar-refractivity contribution is -0.131. The van der Waals surface area contributed by atoms with Crippen molar-refractivity contribution in [1.82, 2.24) is 24.5 Å². The zero-order valence-electron chi connectivity index (χ0n) is 17.9. The summed E-state index contributed by atoms with van der Waals surface area (Å²) < 4.78 is 1.89. The molecule has 30 heavy (non-hydrogen) atoms. The average Bonchev–Trinajstić information content (AvgIpc) is 3.21. The van der Waals surface area contributed by atoms with E-state index in [0.717, 1.165) is 29.8 Å². The van der Waals surface area contributed by atoms with Crippen LogP contribution >= 0.6 is 0 Å². The molecule has 0 atom stereocenters. The first-order valence-electron chi connectivity index (χ1n) is 10.2. The number of amides is 4. The molecular weight excluding hydrogens is 382 g/mol. The summed E-state index contributed by atoms with van der Waals surface area (Å²) in [4.78, 5) is 40.3. The number of rotatable bonds is 9. The van der Waals surface area contributed by atoms with Gasteiger partial charge in [-0.3, -0.25) is 19.2 Å². The highest BCUT2D eigenvalue weighted by Gasteiger charge is 2.32. The minimum Gasteiger partial charge on any atom is -0.346 e. The molecule has 1 saturated heterocycles. The minimum absolute atomic E-state index is 0.0217. The van der Waals surface area contributed by atoms with Gasteiger partial charge in [-0.25, -0.2) is 4.79 Å². The van der Waals surface area contributed by atoms with Crippen molar-refractivity contribution in [1.29, 1.82) is 0 Å². The number of nitrogens with zero attached hydrogens (tertiary/aromatic N) is 5. The molecule has 0 saturated carbocycles. The Balaban J connectivity index is 1.40. The maximum absolute atomic E-state index is 12.3. The molecule has 0 N–H and O–H groups in total. The molecule has 2 aromatic rings. The summed E-state index contributed by atoms with van der Waals surface area (Å²) >= 11 is 0. The van der Waals surface area contributed by atoms with Crippen LogP contribution in [0.25, 0.3) is 11.3 Å². The molecule has 1 aromatic carbocycles. The van der Waals surface area contributed by atoms with Gasteiger partial charge in [0.1, 0.15) is 6.54 Å². The molecule has 1 fully saturated rings. The van der Waals surface area contributed by atoms with E-state index in [1.54, 1.807) is 19.0 Å². The van der Waals surface area contributed by atoms with Gasteiger partial charge in [0.15, 0.2) is 0 Å². The predicted octanol–water partition coefficient (Wildman–Crippen LogP) is 2.15. The highest BCUT2D eigenvalue weighted by atomic mass is 16.2. The van der Waals surface area contributed by atoms with Crippen molar-refractivity contribution in [3.8, 4) is 11.3 Å². The fraction of sp³-hybridized carbons (Fsp3) is 0.455. The lowest BCUT2D eigenvalue weighted by Crippen LogP contribution is -2.34. The molecule has 0 bridgehead atoms. The van der Waals surface area contributed by atoms with Crippen LogP contribution < -0.4 is 0 Å². The van der Waals surface area contributed by atoms with Crippen molar-refractivity contribution in [2.45, 2.75) is 25.7 Å². The van der Waals surface area contributed by atoms with Crippen LogP contribution in [0.5, 0.6) is 0 Å². The SMILES string of the molecule is CN(CCCc1cc(-c2ccccc2)n(C)n1)C(=O)CCCN1C(=O)CN(C)C1=O. The zero-order valence-corrected chi connectivity index (χ0v) is 17.9. The first-order valence-corrected chi connectivity index (χ1v) is 10.2. The number of aromatic nitrogens is 2. The molecule has 0 spiro atoms. The Bertz CT molecular complexity index is 909. The number of carbonyl (C=O) groups is 3. The maximum Gasteiger partial charge on any atom is 0.326 e. The van der Waals surface area contributed by atoms with Crippen LogP contribution in [0.2, 0.25) is 0 Å². The van der Waals surface area contributed by atoms with Gasteiger partial charge in [-0.2, -0.15) is 5.10 Å². The van der Waals surface area contributed by atoms with Gasteiger partial charge >= 0.3 is 6.03 Å². The Morgan fingerprint density at radius 2 is 1.87 bits per heavy atom. The number of carbonyl (C=O) groups excluding carboxylic acids is 3. The number of benzene rings is 1. The van der Waals surface area contributed by atoms with E-state index >= 15 is 0 Å². The Kier molecular flexibility index (Phi) is 6.87. The number of imide groups is 1. The summed E-state index contributed by atoms with van der Waals surface area (Å²) in [5.74, 6) is -0.179. The van der Waals surface area contributed by atoms with Crippen molar-refractivity contribution < 1.29 is 14.4 Å². The second-order valence-corrected chi connectivity index (χ2v) is 7.72. The quantitative estimate of drug-likeness (QED) is 0.593. The zero-order chi connectivity index (χ0) is 21.7. The van der Waals surface area contributed by atoms with E-state index in [1.807, 2.05) is 29.9 Å². The Labute approximate surface area is 177 Å². The summed E-state index contributed by atoms with van der Waals surface area (Å²) in [5, 5.41) is 4.58. The molecule has 0 unspecified atom stereocenters. The Morgan fingerprint density at radius 3 is 2.53 bits per heavy atom. The lowest BCUT2D eigenvalue weighted by Gasteiger charge is -2.18. The maximum atomic E-state index is 12.3. The highest BCUT2D eigenvalue weighted by molar-refractivity contribution is 6.01. The van der Waals surface area contributed by atoms with Crippen molar-refractivity contribution >= 4 is 17.8 Å². The van der Waals surface area contributed by atoms with Gasteiger partial charge in [-0.1, -0.05) is 30.3 Å². The largest absolute Gasteiger partial charge is 0.346 e. The monoisotopic (exact) mass is 411 g/mol. The van der Waals surface area contributed by atoms with Gasteiger partial charge in [-0.05, 0) is 30.9 Å². The number of likely N-dealkylation sites (N-methyl/N-ethyl adjacent to an activating group) is 1. The van der Waals surface area contributed by atoms with Gasteiger partial charge < -0.3 is 9.80 Å². The summed E-state index contributed by atoms with van der Waals surface area (Å²) in [6.45, 7) is 1.05. The van der Waals surface area contributed by atoms with E-state index < -0.39 is 0 Å². The van der Waals surface area contributed by atoms with E-state index in [0.29, 0.717) is 19.4 Å². The van der Waals surface area contributed by atoms with E-state index in [1.165, 1.54) is 9.80 Å². The molecule has 4 amide bonds. The van der Waals surface area contributed by atoms with Crippen LogP contribution in [0.1, 0.15) is 25.0 Å². The number of aryl methyl sites for hydroxylation is 2. The molecule has 1 aliphatic rings. The molecule has 3 rings (SSSR count). The van der Waals surface area contributed by atoms with Gasteiger partial charge in [0.25, 0.3) is 0 Å². The van der Waals surface area contributed by atoms with E-state index in [9.17, 15) is 14.4 Å². The van der Waals surface area contributed by atoms with E-state index in [2.05, 4.69) is 23.3 Å². The second kappa shape index (κ2) is 9.56. The summed E-state index contributed by atoms with van der Waals surface area (Å²) in [5.41, 5.74) is 3.21. The molecule has 8 heteroatoms. The standard InChI is InChI=1S/C22H29N5O3/c1-24(20(28)12-8-14-27-21(29)16-25(2)22(27)30)13-7-11-18-15-19(26(3)23-18)17-9-5-4-6-10-17/h4-6,9-10,15H,7-8,11-14,16H2,1-3H3. The van der Waals surface area contributed by atoms with Crippen LogP contribution in [0.4, 0.5) is 4.79 Å². The van der Waals surface area contributed by atoms with Crippen molar-refractivity contribution in [2.24, 2.45) is 7.05 Å². The van der Waals surface area contributed by atoms with Crippen molar-refractivity contribution in [3.63, 3.8) is 0 Å². The molecule has 0 radical (unpaired) electrons. The van der Waals surface area contributed by atoms with E-state index in [-0.39, 0.29) is 30.9 Å². The molecule has 0 aliphatic carbocycles. The minimum atomic E-state index is -0.286. The lowest BCUT2D eigenvalue weighted by atomic mass is 10.1. The van der Waals surface area contributed by atoms with Crippen molar-refractivity contribution in [2.75, 3.05) is 33.7 Å². The molecule has 1 aliphatic heterocycles. The van der Waals surface area contributed by atoms with E-state index in [4.69, 9.17) is 0 Å². The Morgan fingerprint density at radius 1 is 1.13 bits per heavy atom. The van der Waals surface area contributed by atoms with Crippen LogP contribution in [0.3, 0.4) is 0 Å². The average molecular weight is 412 g/mol. The van der Waals surface area contributed by atoms with Crippen LogP contribution in [-0.4, -0.2) is 76.1 Å². The fourth-order valence-corrected chi connectivity index (χ4v) is 3.62. The molecule has 160 valence electrons. The second-order valence-electron chi connectivity index (χ2n) is 7.72. The highest BCUT2D eigenvalue weighted by Crippen LogP contribution is 2.20. The molecular formula is C22H29N5O3. The molecule has 8 nitrogen and oxygen atoms in total. The van der Waals surface area contributed by atoms with Gasteiger partial charge in [-0.15, -0.1) is 0 Å². The summed E-state index contributed by atoms with van der Waals surface area (Å²) in [7, 11) is 5.33. The van der Waals surface area contributed by atoms with Crippen LogP contribution in [0, 0.1) is 0 Å². The van der Waals surface area contributed by atoms with Crippen molar-refractivity contribution in [3.05, 3.63) is 42.1 Å². The van der Waals surface area contributed by atoms with Gasteiger partial charge in [0.2, 0.25) is 11.8 Å². The number of hydrogen-bond donors (Lipinski definition) is 0. The molecule has 2 heterocycles. The normalized spacial score (nSPS) is 14.0.